The molecule has 1 rings (SSSR count). The van der Waals surface area contributed by atoms with Crippen molar-refractivity contribution >= 4 is 11.6 Å². The fourth-order valence-electron chi connectivity index (χ4n) is 1.07. The third-order valence-electron chi connectivity index (χ3n) is 1.73. The summed E-state index contributed by atoms with van der Waals surface area (Å²) in [7, 11) is 0. The maximum Gasteiger partial charge on any atom is 0.164 e. The number of nitrogens with zero attached hydrogens (tertiary/aromatic N) is 1. The summed E-state index contributed by atoms with van der Waals surface area (Å²) in [6.45, 7) is 3.62. The van der Waals surface area contributed by atoms with E-state index in [2.05, 4.69) is 4.98 Å². The molecule has 0 bridgehead atoms. The van der Waals surface area contributed by atoms with Gasteiger partial charge >= 0.3 is 0 Å². The monoisotopic (exact) mass is 164 g/mol. The van der Waals surface area contributed by atoms with Crippen LogP contribution in [0.1, 0.15) is 29.4 Å². The van der Waals surface area contributed by atoms with E-state index in [0.29, 0.717) is 23.5 Å². The standard InChI is InChI=1S/C9H12N2O/c1-3-8(12)7-4-5-9(10)11-6(7)2/h4-5H,3H2,1-2H3,(H2,10,11). The Hall–Kier alpha value is -1.38. The molecule has 0 aliphatic carbocycles. The molecule has 0 saturated carbocycles. The van der Waals surface area contributed by atoms with E-state index in [-0.39, 0.29) is 5.78 Å². The van der Waals surface area contributed by atoms with Crippen molar-refractivity contribution < 1.29 is 4.79 Å². The predicted octanol–water partition coefficient (Wildman–Crippen LogP) is 1.56. The molecule has 0 aliphatic rings. The lowest BCUT2D eigenvalue weighted by atomic mass is 10.1. The van der Waals surface area contributed by atoms with E-state index in [0.717, 1.165) is 0 Å². The second kappa shape index (κ2) is 3.34. The largest absolute Gasteiger partial charge is 0.384 e. The second-order valence-electron chi connectivity index (χ2n) is 2.65. The molecule has 12 heavy (non-hydrogen) atoms. The van der Waals surface area contributed by atoms with Gasteiger partial charge in [0.1, 0.15) is 5.82 Å². The Morgan fingerprint density at radius 2 is 2.25 bits per heavy atom. The summed E-state index contributed by atoms with van der Waals surface area (Å²) < 4.78 is 0. The molecule has 0 amide bonds. The van der Waals surface area contributed by atoms with Gasteiger partial charge in [-0.3, -0.25) is 4.79 Å². The first-order chi connectivity index (χ1) is 5.65. The molecule has 64 valence electrons. The molecule has 0 saturated heterocycles. The normalized spacial score (nSPS) is 9.83. The fraction of sp³-hybridized carbons (Fsp3) is 0.333. The molecule has 0 fully saturated rings. The second-order valence-corrected chi connectivity index (χ2v) is 2.65. The van der Waals surface area contributed by atoms with Crippen molar-refractivity contribution in [3.63, 3.8) is 0 Å². The minimum absolute atomic E-state index is 0.111. The minimum Gasteiger partial charge on any atom is -0.384 e. The summed E-state index contributed by atoms with van der Waals surface area (Å²) in [6.07, 6.45) is 0.506. The number of aryl methyl sites for hydroxylation is 1. The average molecular weight is 164 g/mol. The molecule has 1 heterocycles. The van der Waals surface area contributed by atoms with E-state index in [9.17, 15) is 4.79 Å². The Bertz CT molecular complexity index is 307. The Balaban J connectivity index is 3.09. The molecular weight excluding hydrogens is 152 g/mol. The van der Waals surface area contributed by atoms with Crippen molar-refractivity contribution in [1.82, 2.24) is 4.98 Å². The smallest absolute Gasteiger partial charge is 0.164 e. The van der Waals surface area contributed by atoms with E-state index < -0.39 is 0 Å². The lowest BCUT2D eigenvalue weighted by Gasteiger charge is -2.02. The van der Waals surface area contributed by atoms with Gasteiger partial charge in [-0.1, -0.05) is 6.92 Å². The fourth-order valence-corrected chi connectivity index (χ4v) is 1.07. The average Bonchev–Trinajstić information content (AvgIpc) is 2.03. The summed E-state index contributed by atoms with van der Waals surface area (Å²) in [5, 5.41) is 0. The number of carbonyl (C=O) groups excluding carboxylic acids is 1. The van der Waals surface area contributed by atoms with Crippen molar-refractivity contribution in [1.29, 1.82) is 0 Å². The number of carbonyl (C=O) groups is 1. The van der Waals surface area contributed by atoms with Crippen LogP contribution in [0.15, 0.2) is 12.1 Å². The maximum absolute atomic E-state index is 11.3. The van der Waals surface area contributed by atoms with Crippen LogP contribution in [-0.4, -0.2) is 10.8 Å². The zero-order valence-electron chi connectivity index (χ0n) is 7.29. The Morgan fingerprint density at radius 3 is 2.75 bits per heavy atom. The number of hydrogen-bond acceptors (Lipinski definition) is 3. The van der Waals surface area contributed by atoms with Crippen LogP contribution in [0.3, 0.4) is 0 Å². The number of nitrogen functional groups attached to an aromatic ring is 1. The maximum atomic E-state index is 11.3. The van der Waals surface area contributed by atoms with Crippen LogP contribution in [0.5, 0.6) is 0 Å². The van der Waals surface area contributed by atoms with Gasteiger partial charge in [-0.15, -0.1) is 0 Å². The molecule has 0 radical (unpaired) electrons. The number of pyridine rings is 1. The van der Waals surface area contributed by atoms with Gasteiger partial charge in [0.2, 0.25) is 0 Å². The third kappa shape index (κ3) is 1.61. The zero-order chi connectivity index (χ0) is 9.14. The first kappa shape index (κ1) is 8.71. The highest BCUT2D eigenvalue weighted by atomic mass is 16.1. The quantitative estimate of drug-likeness (QED) is 0.675. The lowest BCUT2D eigenvalue weighted by Crippen LogP contribution is -2.03. The van der Waals surface area contributed by atoms with E-state index in [4.69, 9.17) is 5.73 Å². The molecule has 1 aromatic rings. The van der Waals surface area contributed by atoms with Gasteiger partial charge in [0, 0.05) is 12.0 Å². The van der Waals surface area contributed by atoms with Gasteiger partial charge in [-0.2, -0.15) is 0 Å². The molecule has 3 nitrogen and oxygen atoms in total. The number of anilines is 1. The highest BCUT2D eigenvalue weighted by molar-refractivity contribution is 5.96. The molecule has 0 aromatic carbocycles. The summed E-state index contributed by atoms with van der Waals surface area (Å²) in [5.41, 5.74) is 6.83. The van der Waals surface area contributed by atoms with Gasteiger partial charge < -0.3 is 5.73 Å². The topological polar surface area (TPSA) is 56.0 Å². The van der Waals surface area contributed by atoms with Gasteiger partial charge in [0.15, 0.2) is 5.78 Å². The molecule has 0 atom stereocenters. The number of nitrogens with two attached hydrogens (primary N) is 1. The Labute approximate surface area is 71.6 Å². The van der Waals surface area contributed by atoms with Gasteiger partial charge in [-0.05, 0) is 19.1 Å². The predicted molar refractivity (Wildman–Crippen MR) is 48.0 cm³/mol. The summed E-state index contributed by atoms with van der Waals surface area (Å²) >= 11 is 0. The highest BCUT2D eigenvalue weighted by Gasteiger charge is 2.06. The van der Waals surface area contributed by atoms with Crippen LogP contribution in [0.2, 0.25) is 0 Å². The number of rotatable bonds is 2. The van der Waals surface area contributed by atoms with Gasteiger partial charge in [0.25, 0.3) is 0 Å². The molecule has 0 spiro atoms. The molecule has 3 heteroatoms. The van der Waals surface area contributed by atoms with Gasteiger partial charge in [0.05, 0.1) is 5.69 Å². The number of ketones is 1. The third-order valence-corrected chi connectivity index (χ3v) is 1.73. The van der Waals surface area contributed by atoms with E-state index >= 15 is 0 Å². The van der Waals surface area contributed by atoms with E-state index in [1.54, 1.807) is 19.1 Å². The minimum atomic E-state index is 0.111. The van der Waals surface area contributed by atoms with Crippen molar-refractivity contribution in [2.45, 2.75) is 20.3 Å². The van der Waals surface area contributed by atoms with Crippen molar-refractivity contribution in [2.75, 3.05) is 5.73 Å². The highest BCUT2D eigenvalue weighted by Crippen LogP contribution is 2.09. The lowest BCUT2D eigenvalue weighted by molar-refractivity contribution is 0.0987. The Morgan fingerprint density at radius 1 is 1.58 bits per heavy atom. The molecular formula is C9H12N2O. The summed E-state index contributed by atoms with van der Waals surface area (Å²) in [5.74, 6) is 0.570. The number of hydrogen-bond donors (Lipinski definition) is 1. The summed E-state index contributed by atoms with van der Waals surface area (Å²) in [4.78, 5) is 15.3. The molecule has 1 aromatic heterocycles. The first-order valence-electron chi connectivity index (χ1n) is 3.91. The zero-order valence-corrected chi connectivity index (χ0v) is 7.29. The van der Waals surface area contributed by atoms with Crippen LogP contribution in [0.4, 0.5) is 5.82 Å². The van der Waals surface area contributed by atoms with Crippen molar-refractivity contribution in [3.05, 3.63) is 23.4 Å². The van der Waals surface area contributed by atoms with Crippen LogP contribution in [-0.2, 0) is 0 Å². The van der Waals surface area contributed by atoms with Crippen LogP contribution < -0.4 is 5.73 Å². The number of Topliss-reactive ketones (excluding diaryl/α,β-unsaturated/α-hetero) is 1. The van der Waals surface area contributed by atoms with E-state index in [1.165, 1.54) is 0 Å². The van der Waals surface area contributed by atoms with Crippen LogP contribution in [0.25, 0.3) is 0 Å². The molecule has 2 N–H and O–H groups in total. The first-order valence-corrected chi connectivity index (χ1v) is 3.91. The van der Waals surface area contributed by atoms with Crippen molar-refractivity contribution in [3.8, 4) is 0 Å². The van der Waals surface area contributed by atoms with Crippen LogP contribution in [0, 0.1) is 6.92 Å². The molecule has 0 aliphatic heterocycles. The Kier molecular flexibility index (Phi) is 2.43. The molecule has 0 unspecified atom stereocenters. The van der Waals surface area contributed by atoms with Crippen LogP contribution >= 0.6 is 0 Å². The summed E-state index contributed by atoms with van der Waals surface area (Å²) in [6, 6.07) is 3.37. The number of aromatic nitrogens is 1. The van der Waals surface area contributed by atoms with Crippen molar-refractivity contribution in [2.24, 2.45) is 0 Å². The van der Waals surface area contributed by atoms with Gasteiger partial charge in [-0.25, -0.2) is 4.98 Å². The SMILES string of the molecule is CCC(=O)c1ccc(N)nc1C. The van der Waals surface area contributed by atoms with E-state index in [1.807, 2.05) is 6.92 Å².